The molecule has 0 spiro atoms. The summed E-state index contributed by atoms with van der Waals surface area (Å²) in [5, 5.41) is 6.51. The highest BCUT2D eigenvalue weighted by Crippen LogP contribution is 2.28. The summed E-state index contributed by atoms with van der Waals surface area (Å²) >= 11 is 3.30. The molecule has 0 unspecified atom stereocenters. The van der Waals surface area contributed by atoms with Gasteiger partial charge in [0.05, 0.1) is 48.1 Å². The summed E-state index contributed by atoms with van der Waals surface area (Å²) in [5.41, 5.74) is 2.74. The summed E-state index contributed by atoms with van der Waals surface area (Å²) in [6.45, 7) is 1.18. The fourth-order valence-electron chi connectivity index (χ4n) is 4.58. The highest BCUT2D eigenvalue weighted by atomic mass is 79.9. The number of ketones is 1. The molecule has 3 aromatic heterocycles. The van der Waals surface area contributed by atoms with Crippen molar-refractivity contribution >= 4 is 61.5 Å². The van der Waals surface area contributed by atoms with Crippen LogP contribution in [0.2, 0.25) is 0 Å². The normalized spacial score (nSPS) is 17.4. The second-order valence-electron chi connectivity index (χ2n) is 9.01. The lowest BCUT2D eigenvalue weighted by Crippen LogP contribution is -2.43. The number of rotatable bonds is 7. The van der Waals surface area contributed by atoms with Gasteiger partial charge in [0.2, 0.25) is 11.8 Å². The molecular weight excluding hydrogens is 557 g/mol. The van der Waals surface area contributed by atoms with E-state index in [2.05, 4.69) is 41.5 Å². The number of amides is 1. The topological polar surface area (TPSA) is 122 Å². The number of alkyl halides is 1. The summed E-state index contributed by atoms with van der Waals surface area (Å²) in [6.07, 6.45) is 7.95. The molecule has 1 saturated heterocycles. The highest BCUT2D eigenvalue weighted by Gasteiger charge is 2.38. The van der Waals surface area contributed by atoms with Gasteiger partial charge in [0, 0.05) is 46.5 Å². The first kappa shape index (κ1) is 25.6. The number of nitrogens with zero attached hydrogens (tertiary/aromatic N) is 5. The Balaban J connectivity index is 1.38. The largest absolute Gasteiger partial charge is 0.353 e. The van der Waals surface area contributed by atoms with E-state index in [4.69, 9.17) is 0 Å². The molecule has 4 aromatic rings. The number of aromatic nitrogens is 4. The molecule has 10 nitrogen and oxygen atoms in total. The van der Waals surface area contributed by atoms with E-state index in [1.54, 1.807) is 42.9 Å². The van der Waals surface area contributed by atoms with E-state index in [1.165, 1.54) is 35.1 Å². The zero-order valence-electron chi connectivity index (χ0n) is 20.3. The zero-order chi connectivity index (χ0) is 26.8. The SMILES string of the molecule is CC(=O)c1cn(C(=O)CN2C[C@H](F)C[C@H]2C(=O)Nc2cncc(Br)c2)c2ccc(Nc3cncnc3)cc12. The van der Waals surface area contributed by atoms with Crippen molar-refractivity contribution in [2.45, 2.75) is 25.6 Å². The van der Waals surface area contributed by atoms with Crippen molar-refractivity contribution in [2.75, 3.05) is 23.7 Å². The number of benzene rings is 1. The smallest absolute Gasteiger partial charge is 0.245 e. The second kappa shape index (κ2) is 10.8. The van der Waals surface area contributed by atoms with Crippen LogP contribution in [0, 0.1) is 0 Å². The van der Waals surface area contributed by atoms with Crippen LogP contribution in [0.1, 0.15) is 28.5 Å². The average Bonchev–Trinajstić information content (AvgIpc) is 3.45. The predicted molar refractivity (Wildman–Crippen MR) is 143 cm³/mol. The third kappa shape index (κ3) is 5.46. The van der Waals surface area contributed by atoms with Crippen LogP contribution in [0.3, 0.4) is 0 Å². The lowest BCUT2D eigenvalue weighted by Gasteiger charge is -2.22. The highest BCUT2D eigenvalue weighted by molar-refractivity contribution is 9.10. The molecule has 4 heterocycles. The van der Waals surface area contributed by atoms with Gasteiger partial charge in [-0.05, 0) is 47.1 Å². The molecule has 0 bridgehead atoms. The minimum absolute atomic E-state index is 0.0239. The lowest BCUT2D eigenvalue weighted by atomic mass is 10.1. The molecule has 1 fully saturated rings. The number of hydrogen-bond donors (Lipinski definition) is 2. The van der Waals surface area contributed by atoms with Crippen LogP contribution in [0.15, 0.2) is 66.0 Å². The van der Waals surface area contributed by atoms with Gasteiger partial charge in [-0.25, -0.2) is 14.4 Å². The van der Waals surface area contributed by atoms with Crippen molar-refractivity contribution < 1.29 is 18.8 Å². The average molecular weight is 580 g/mol. The van der Waals surface area contributed by atoms with Crippen LogP contribution in [-0.4, -0.2) is 67.3 Å². The van der Waals surface area contributed by atoms with Gasteiger partial charge in [-0.1, -0.05) is 0 Å². The van der Waals surface area contributed by atoms with Crippen molar-refractivity contribution in [2.24, 2.45) is 0 Å². The van der Waals surface area contributed by atoms with Gasteiger partial charge >= 0.3 is 0 Å². The number of anilines is 3. The maximum atomic E-state index is 14.4. The molecular formula is C26H23BrFN7O3. The summed E-state index contributed by atoms with van der Waals surface area (Å²) < 4.78 is 16.5. The summed E-state index contributed by atoms with van der Waals surface area (Å²) in [6, 6.07) is 6.15. The van der Waals surface area contributed by atoms with Gasteiger partial charge in [0.1, 0.15) is 12.5 Å². The third-order valence-corrected chi connectivity index (χ3v) is 6.70. The van der Waals surface area contributed by atoms with E-state index in [0.717, 1.165) is 0 Å². The molecule has 12 heteroatoms. The summed E-state index contributed by atoms with van der Waals surface area (Å²) in [7, 11) is 0. The number of carbonyl (C=O) groups excluding carboxylic acids is 3. The molecule has 1 amide bonds. The first-order chi connectivity index (χ1) is 18.3. The quantitative estimate of drug-likeness (QED) is 0.312. The molecule has 194 valence electrons. The maximum Gasteiger partial charge on any atom is 0.245 e. The van der Waals surface area contributed by atoms with E-state index >= 15 is 0 Å². The van der Waals surface area contributed by atoms with E-state index < -0.39 is 18.1 Å². The molecule has 5 rings (SSSR count). The number of Topliss-reactive ketones (excluding diaryl/α,β-unsaturated/α-hetero) is 1. The number of carbonyl (C=O) groups is 3. The Morgan fingerprint density at radius 3 is 2.55 bits per heavy atom. The lowest BCUT2D eigenvalue weighted by molar-refractivity contribution is -0.120. The number of fused-ring (bicyclic) bond motifs is 1. The Kier molecular flexibility index (Phi) is 7.25. The summed E-state index contributed by atoms with van der Waals surface area (Å²) in [5.74, 6) is -0.998. The fourth-order valence-corrected chi connectivity index (χ4v) is 4.94. The molecule has 2 atom stereocenters. The van der Waals surface area contributed by atoms with E-state index in [1.807, 2.05) is 0 Å². The van der Waals surface area contributed by atoms with E-state index in [0.29, 0.717) is 38.0 Å². The van der Waals surface area contributed by atoms with E-state index in [9.17, 15) is 18.8 Å². The standard InChI is InChI=1S/C26H23BrFN7O3/c1-15(36)22-12-35(23-3-2-18(6-21(22)23)32-20-9-30-14-31-10-20)25(37)13-34-11-17(28)5-24(34)26(38)33-19-4-16(27)7-29-8-19/h2-4,6-10,12,14,17,24,32H,5,11,13H2,1H3,(H,33,38)/t17-,24+/m1/s1. The van der Waals surface area contributed by atoms with Crippen LogP contribution >= 0.6 is 15.9 Å². The molecule has 1 aliphatic rings. The molecule has 1 aromatic carbocycles. The fraction of sp³-hybridized carbons (Fsp3) is 0.231. The molecule has 0 radical (unpaired) electrons. The Morgan fingerprint density at radius 2 is 1.82 bits per heavy atom. The Morgan fingerprint density at radius 1 is 1.05 bits per heavy atom. The zero-order valence-corrected chi connectivity index (χ0v) is 21.9. The molecule has 1 aliphatic heterocycles. The van der Waals surface area contributed by atoms with Crippen molar-refractivity contribution in [3.8, 4) is 0 Å². The van der Waals surface area contributed by atoms with Crippen LogP contribution in [0.5, 0.6) is 0 Å². The van der Waals surface area contributed by atoms with Gasteiger partial charge < -0.3 is 10.6 Å². The molecule has 0 saturated carbocycles. The first-order valence-corrected chi connectivity index (χ1v) is 12.6. The number of halogens is 2. The third-order valence-electron chi connectivity index (χ3n) is 6.27. The van der Waals surface area contributed by atoms with Crippen molar-refractivity contribution in [1.82, 2.24) is 24.4 Å². The van der Waals surface area contributed by atoms with Gasteiger partial charge in [-0.15, -0.1) is 0 Å². The van der Waals surface area contributed by atoms with Crippen LogP contribution in [-0.2, 0) is 4.79 Å². The van der Waals surface area contributed by atoms with Crippen LogP contribution in [0.25, 0.3) is 10.9 Å². The monoisotopic (exact) mass is 579 g/mol. The van der Waals surface area contributed by atoms with Crippen molar-refractivity contribution in [3.63, 3.8) is 0 Å². The van der Waals surface area contributed by atoms with Gasteiger partial charge in [0.15, 0.2) is 5.78 Å². The Bertz CT molecular complexity index is 1530. The minimum Gasteiger partial charge on any atom is -0.353 e. The summed E-state index contributed by atoms with van der Waals surface area (Å²) in [4.78, 5) is 52.3. The van der Waals surface area contributed by atoms with Gasteiger partial charge in [-0.3, -0.25) is 28.8 Å². The number of nitrogens with one attached hydrogen (secondary N) is 2. The van der Waals surface area contributed by atoms with Crippen LogP contribution < -0.4 is 10.6 Å². The van der Waals surface area contributed by atoms with Gasteiger partial charge in [0.25, 0.3) is 0 Å². The number of likely N-dealkylation sites (tertiary alicyclic amines) is 1. The van der Waals surface area contributed by atoms with Gasteiger partial charge in [-0.2, -0.15) is 0 Å². The number of pyridine rings is 1. The number of hydrogen-bond acceptors (Lipinski definition) is 8. The molecule has 0 aliphatic carbocycles. The molecule has 38 heavy (non-hydrogen) atoms. The Hall–Kier alpha value is -4.03. The maximum absolute atomic E-state index is 14.4. The van der Waals surface area contributed by atoms with Crippen LogP contribution in [0.4, 0.5) is 21.5 Å². The minimum atomic E-state index is -1.25. The van der Waals surface area contributed by atoms with E-state index in [-0.39, 0.29) is 31.2 Å². The second-order valence-corrected chi connectivity index (χ2v) is 9.92. The molecule has 2 N–H and O–H groups in total. The first-order valence-electron chi connectivity index (χ1n) is 11.8. The predicted octanol–water partition coefficient (Wildman–Crippen LogP) is 4.23. The van der Waals surface area contributed by atoms with Crippen molar-refractivity contribution in [1.29, 1.82) is 0 Å². The van der Waals surface area contributed by atoms with Crippen molar-refractivity contribution in [3.05, 3.63) is 71.6 Å². The Labute approximate surface area is 225 Å².